The number of halogens is 3. The van der Waals surface area contributed by atoms with Crippen LogP contribution >= 0.6 is 34.8 Å². The predicted octanol–water partition coefficient (Wildman–Crippen LogP) is 4.36. The largest absolute Gasteiger partial charge is 0.302 e. The van der Waals surface area contributed by atoms with Crippen molar-refractivity contribution < 1.29 is 4.79 Å². The third-order valence-corrected chi connectivity index (χ3v) is 4.36. The molecular formula is C16H14Cl3N5O. The number of aryl methyl sites for hydroxylation is 1. The summed E-state index contributed by atoms with van der Waals surface area (Å²) in [4.78, 5) is 12.2. The van der Waals surface area contributed by atoms with Crippen LogP contribution in [-0.2, 0) is 13.1 Å². The van der Waals surface area contributed by atoms with E-state index in [0.717, 1.165) is 5.56 Å². The van der Waals surface area contributed by atoms with Crippen LogP contribution in [0.2, 0.25) is 15.1 Å². The summed E-state index contributed by atoms with van der Waals surface area (Å²) >= 11 is 18.2. The minimum Gasteiger partial charge on any atom is -0.302 e. The Morgan fingerprint density at radius 2 is 1.92 bits per heavy atom. The van der Waals surface area contributed by atoms with Crippen LogP contribution in [0.3, 0.4) is 0 Å². The molecule has 0 aliphatic heterocycles. The van der Waals surface area contributed by atoms with Crippen molar-refractivity contribution in [1.82, 2.24) is 19.6 Å². The first-order valence-corrected chi connectivity index (χ1v) is 8.61. The molecule has 3 aromatic rings. The van der Waals surface area contributed by atoms with Crippen molar-refractivity contribution in [2.75, 3.05) is 5.32 Å². The van der Waals surface area contributed by atoms with Crippen molar-refractivity contribution in [1.29, 1.82) is 0 Å². The third kappa shape index (κ3) is 4.15. The van der Waals surface area contributed by atoms with E-state index in [1.165, 1.54) is 0 Å². The third-order valence-electron chi connectivity index (χ3n) is 3.49. The van der Waals surface area contributed by atoms with E-state index in [4.69, 9.17) is 34.8 Å². The van der Waals surface area contributed by atoms with Gasteiger partial charge < -0.3 is 5.32 Å². The van der Waals surface area contributed by atoms with Crippen molar-refractivity contribution in [2.24, 2.45) is 0 Å². The van der Waals surface area contributed by atoms with E-state index in [0.29, 0.717) is 33.9 Å². The zero-order valence-electron chi connectivity index (χ0n) is 13.2. The summed E-state index contributed by atoms with van der Waals surface area (Å²) < 4.78 is 3.26. The van der Waals surface area contributed by atoms with E-state index in [2.05, 4.69) is 15.5 Å². The zero-order valence-corrected chi connectivity index (χ0v) is 15.5. The molecule has 3 rings (SSSR count). The average molecular weight is 399 g/mol. The summed E-state index contributed by atoms with van der Waals surface area (Å²) in [6.07, 6.45) is 3.35. The number of benzene rings is 1. The van der Waals surface area contributed by atoms with Gasteiger partial charge in [0.25, 0.3) is 5.91 Å². The van der Waals surface area contributed by atoms with Crippen molar-refractivity contribution in [2.45, 2.75) is 20.0 Å². The van der Waals surface area contributed by atoms with Crippen molar-refractivity contribution in [3.05, 3.63) is 63.0 Å². The Morgan fingerprint density at radius 3 is 2.60 bits per heavy atom. The minimum atomic E-state index is -0.371. The molecule has 130 valence electrons. The fraction of sp³-hybridized carbons (Fsp3) is 0.188. The van der Waals surface area contributed by atoms with Gasteiger partial charge in [-0.05, 0) is 30.7 Å². The SMILES string of the molecule is CCn1ccc(C(=O)Nc2nn(Cc3ccc(Cl)cc3Cl)cc2Cl)n1. The number of hydrogen-bond donors (Lipinski definition) is 1. The van der Waals surface area contributed by atoms with Crippen LogP contribution in [0.25, 0.3) is 0 Å². The minimum absolute atomic E-state index is 0.266. The van der Waals surface area contributed by atoms with E-state index in [9.17, 15) is 4.79 Å². The second kappa shape index (κ2) is 7.47. The molecule has 1 amide bonds. The fourth-order valence-electron chi connectivity index (χ4n) is 2.22. The molecule has 0 unspecified atom stereocenters. The van der Waals surface area contributed by atoms with Gasteiger partial charge in [0.05, 0.1) is 6.54 Å². The summed E-state index contributed by atoms with van der Waals surface area (Å²) in [5.74, 6) is -0.105. The van der Waals surface area contributed by atoms with Gasteiger partial charge in [-0.3, -0.25) is 14.2 Å². The Labute approximate surface area is 159 Å². The van der Waals surface area contributed by atoms with Crippen LogP contribution in [0.4, 0.5) is 5.82 Å². The van der Waals surface area contributed by atoms with Gasteiger partial charge in [-0.15, -0.1) is 0 Å². The van der Waals surface area contributed by atoms with Gasteiger partial charge in [0.1, 0.15) is 5.02 Å². The molecule has 0 saturated carbocycles. The molecule has 9 heteroatoms. The Kier molecular flexibility index (Phi) is 5.32. The number of aromatic nitrogens is 4. The van der Waals surface area contributed by atoms with Crippen molar-refractivity contribution in [3.8, 4) is 0 Å². The highest BCUT2D eigenvalue weighted by Gasteiger charge is 2.15. The molecule has 0 aliphatic carbocycles. The van der Waals surface area contributed by atoms with Crippen LogP contribution < -0.4 is 5.32 Å². The molecule has 25 heavy (non-hydrogen) atoms. The molecule has 1 aromatic carbocycles. The van der Waals surface area contributed by atoms with Gasteiger partial charge in [0, 0.05) is 29.0 Å². The van der Waals surface area contributed by atoms with Gasteiger partial charge >= 0.3 is 0 Å². The standard InChI is InChI=1S/C16H14Cl3N5O/c1-2-23-6-5-14(21-23)16(25)20-15-13(19)9-24(22-15)8-10-3-4-11(17)7-12(10)18/h3-7,9H,2,8H2,1H3,(H,20,22,25). The highest BCUT2D eigenvalue weighted by atomic mass is 35.5. The first kappa shape index (κ1) is 17.8. The number of hydrogen-bond acceptors (Lipinski definition) is 3. The molecule has 2 aromatic heterocycles. The molecule has 2 heterocycles. The molecule has 0 radical (unpaired) electrons. The number of carbonyl (C=O) groups is 1. The lowest BCUT2D eigenvalue weighted by Crippen LogP contribution is -2.14. The summed E-state index contributed by atoms with van der Waals surface area (Å²) in [7, 11) is 0. The number of nitrogens with zero attached hydrogens (tertiary/aromatic N) is 4. The quantitative estimate of drug-likeness (QED) is 0.694. The first-order chi connectivity index (χ1) is 12.0. The number of anilines is 1. The summed E-state index contributed by atoms with van der Waals surface area (Å²) in [5.41, 5.74) is 1.14. The maximum atomic E-state index is 12.2. The van der Waals surface area contributed by atoms with Gasteiger partial charge in [0.15, 0.2) is 11.5 Å². The normalized spacial score (nSPS) is 10.9. The van der Waals surface area contributed by atoms with Crippen LogP contribution in [0, 0.1) is 0 Å². The van der Waals surface area contributed by atoms with Crippen LogP contribution in [0.15, 0.2) is 36.7 Å². The van der Waals surface area contributed by atoms with E-state index in [-0.39, 0.29) is 11.7 Å². The molecular weight excluding hydrogens is 385 g/mol. The van der Waals surface area contributed by atoms with Crippen LogP contribution in [0.5, 0.6) is 0 Å². The lowest BCUT2D eigenvalue weighted by Gasteiger charge is -2.05. The van der Waals surface area contributed by atoms with E-state index in [1.807, 2.05) is 13.0 Å². The van der Waals surface area contributed by atoms with E-state index in [1.54, 1.807) is 40.0 Å². The molecule has 0 spiro atoms. The maximum Gasteiger partial charge on any atom is 0.277 e. The van der Waals surface area contributed by atoms with E-state index < -0.39 is 0 Å². The second-order valence-corrected chi connectivity index (χ2v) is 6.52. The Morgan fingerprint density at radius 1 is 1.12 bits per heavy atom. The molecule has 6 nitrogen and oxygen atoms in total. The molecule has 0 atom stereocenters. The maximum absolute atomic E-state index is 12.2. The number of amides is 1. The van der Waals surface area contributed by atoms with Gasteiger partial charge in [-0.1, -0.05) is 40.9 Å². The monoisotopic (exact) mass is 397 g/mol. The Hall–Kier alpha value is -2.02. The summed E-state index contributed by atoms with van der Waals surface area (Å²) in [6.45, 7) is 3.02. The zero-order chi connectivity index (χ0) is 18.0. The topological polar surface area (TPSA) is 64.7 Å². The van der Waals surface area contributed by atoms with Gasteiger partial charge in [-0.25, -0.2) is 0 Å². The lowest BCUT2D eigenvalue weighted by molar-refractivity contribution is 0.102. The van der Waals surface area contributed by atoms with Crippen LogP contribution in [0.1, 0.15) is 23.0 Å². The van der Waals surface area contributed by atoms with Gasteiger partial charge in [-0.2, -0.15) is 10.2 Å². The van der Waals surface area contributed by atoms with E-state index >= 15 is 0 Å². The predicted molar refractivity (Wildman–Crippen MR) is 98.7 cm³/mol. The highest BCUT2D eigenvalue weighted by Crippen LogP contribution is 2.24. The van der Waals surface area contributed by atoms with Crippen LogP contribution in [-0.4, -0.2) is 25.5 Å². The fourth-order valence-corrected chi connectivity index (χ4v) is 2.88. The summed E-state index contributed by atoms with van der Waals surface area (Å²) in [5, 5.41) is 12.5. The average Bonchev–Trinajstić information content (AvgIpc) is 3.17. The number of carbonyl (C=O) groups excluding carboxylic acids is 1. The smallest absolute Gasteiger partial charge is 0.277 e. The van der Waals surface area contributed by atoms with Gasteiger partial charge in [0.2, 0.25) is 0 Å². The molecule has 0 fully saturated rings. The molecule has 1 N–H and O–H groups in total. The first-order valence-electron chi connectivity index (χ1n) is 7.48. The Balaban J connectivity index is 1.74. The molecule has 0 bridgehead atoms. The number of rotatable bonds is 5. The summed E-state index contributed by atoms with van der Waals surface area (Å²) in [6, 6.07) is 6.87. The van der Waals surface area contributed by atoms with Crippen molar-refractivity contribution in [3.63, 3.8) is 0 Å². The number of nitrogens with one attached hydrogen (secondary N) is 1. The highest BCUT2D eigenvalue weighted by molar-refractivity contribution is 6.35. The lowest BCUT2D eigenvalue weighted by atomic mass is 10.2. The second-order valence-electron chi connectivity index (χ2n) is 5.27. The Bertz CT molecular complexity index is 918. The molecule has 0 aliphatic rings. The van der Waals surface area contributed by atoms with Crippen molar-refractivity contribution >= 4 is 46.5 Å². The molecule has 0 saturated heterocycles.